The van der Waals surface area contributed by atoms with Gasteiger partial charge in [-0.1, -0.05) is 24.3 Å². The second-order valence-electron chi connectivity index (χ2n) is 5.03. The van der Waals surface area contributed by atoms with Crippen molar-refractivity contribution >= 4 is 0 Å². The topological polar surface area (TPSA) is 40.5 Å². The van der Waals surface area contributed by atoms with E-state index < -0.39 is 35.0 Å². The molecule has 2 aromatic carbocycles. The second kappa shape index (κ2) is 11.7. The fourth-order valence-corrected chi connectivity index (χ4v) is 1.77. The van der Waals surface area contributed by atoms with E-state index in [1.54, 1.807) is 0 Å². The van der Waals surface area contributed by atoms with Crippen molar-refractivity contribution in [2.75, 3.05) is 0 Å². The standard InChI is InChI=1S/2C7H5F3O.C5H5.Zr/c2*8-7(9,10)5-3-1-2-4-6(5)11;1-2-4-5-3-1;/h2*1-4,11H;1-3H,4H2;/q;;-1;. The number of para-hydroxylation sites is 2. The van der Waals surface area contributed by atoms with Gasteiger partial charge in [0.15, 0.2) is 0 Å². The Balaban J connectivity index is 0.000000408. The van der Waals surface area contributed by atoms with Crippen molar-refractivity contribution in [3.8, 4) is 11.5 Å². The monoisotopic (exact) mass is 479 g/mol. The molecule has 0 atom stereocenters. The average Bonchev–Trinajstić information content (AvgIpc) is 3.14. The van der Waals surface area contributed by atoms with Gasteiger partial charge in [-0.3, -0.25) is 6.08 Å². The summed E-state index contributed by atoms with van der Waals surface area (Å²) in [6.45, 7) is 0. The van der Waals surface area contributed by atoms with Gasteiger partial charge in [0.05, 0.1) is 11.1 Å². The van der Waals surface area contributed by atoms with Crippen LogP contribution in [0.1, 0.15) is 17.5 Å². The summed E-state index contributed by atoms with van der Waals surface area (Å²) in [5, 5.41) is 17.5. The van der Waals surface area contributed by atoms with Crippen LogP contribution in [0.15, 0.2) is 66.8 Å². The van der Waals surface area contributed by atoms with Crippen molar-refractivity contribution in [3.05, 3.63) is 84.0 Å². The molecule has 2 aromatic rings. The molecule has 0 bridgehead atoms. The van der Waals surface area contributed by atoms with Gasteiger partial charge < -0.3 is 10.2 Å². The molecule has 150 valence electrons. The number of allylic oxidation sites excluding steroid dienone is 4. The minimum atomic E-state index is -4.47. The van der Waals surface area contributed by atoms with E-state index in [2.05, 4.69) is 12.2 Å². The van der Waals surface area contributed by atoms with E-state index in [4.69, 9.17) is 10.2 Å². The van der Waals surface area contributed by atoms with E-state index in [0.29, 0.717) is 0 Å². The summed E-state index contributed by atoms with van der Waals surface area (Å²) in [6, 6.07) is 8.79. The van der Waals surface area contributed by atoms with Gasteiger partial charge in [-0.2, -0.15) is 32.4 Å². The molecule has 1 aliphatic rings. The van der Waals surface area contributed by atoms with Crippen molar-refractivity contribution in [3.63, 3.8) is 0 Å². The summed E-state index contributed by atoms with van der Waals surface area (Å²) in [5.41, 5.74) is -2.00. The zero-order valence-electron chi connectivity index (χ0n) is 14.2. The van der Waals surface area contributed by atoms with Gasteiger partial charge >= 0.3 is 12.4 Å². The molecule has 0 fully saturated rings. The summed E-state index contributed by atoms with van der Waals surface area (Å²) < 4.78 is 71.3. The molecule has 2 N–H and O–H groups in total. The average molecular weight is 481 g/mol. The molecule has 0 heterocycles. The SMILES string of the molecule is Oc1ccccc1C(F)(F)F.Oc1ccccc1C(F)(F)F.[C-]1=CC=CC1.[Zr]. The zero-order chi connectivity index (χ0) is 20.5. The Morgan fingerprint density at radius 1 is 0.714 bits per heavy atom. The second-order valence-corrected chi connectivity index (χ2v) is 5.03. The van der Waals surface area contributed by atoms with Gasteiger partial charge in [0.25, 0.3) is 0 Å². The van der Waals surface area contributed by atoms with Crippen LogP contribution >= 0.6 is 0 Å². The zero-order valence-corrected chi connectivity index (χ0v) is 16.7. The Labute approximate surface area is 176 Å². The quantitative estimate of drug-likeness (QED) is 0.352. The Bertz CT molecular complexity index is 717. The first-order chi connectivity index (χ1) is 12.5. The van der Waals surface area contributed by atoms with Crippen molar-refractivity contribution in [2.45, 2.75) is 18.8 Å². The maximum Gasteiger partial charge on any atom is 0.419 e. The molecule has 0 saturated carbocycles. The van der Waals surface area contributed by atoms with E-state index in [9.17, 15) is 26.3 Å². The third kappa shape index (κ3) is 9.26. The van der Waals surface area contributed by atoms with Crippen molar-refractivity contribution in [2.24, 2.45) is 0 Å². The number of phenolic OH excluding ortho intramolecular Hbond substituents is 2. The third-order valence-electron chi connectivity index (χ3n) is 3.00. The molecular weight excluding hydrogens is 465 g/mol. The van der Waals surface area contributed by atoms with Crippen LogP contribution in [-0.2, 0) is 38.6 Å². The van der Waals surface area contributed by atoms with Gasteiger partial charge in [-0.15, -0.1) is 6.42 Å². The fourth-order valence-electron chi connectivity index (χ4n) is 1.77. The van der Waals surface area contributed by atoms with Crippen molar-refractivity contribution < 1.29 is 62.8 Å². The van der Waals surface area contributed by atoms with Crippen LogP contribution in [0.25, 0.3) is 0 Å². The third-order valence-corrected chi connectivity index (χ3v) is 3.00. The molecule has 0 saturated heterocycles. The minimum Gasteiger partial charge on any atom is -0.507 e. The maximum atomic E-state index is 11.9. The molecule has 0 aromatic heterocycles. The Hall–Kier alpha value is -2.02. The smallest absolute Gasteiger partial charge is 0.419 e. The number of alkyl halides is 6. The first kappa shape index (κ1) is 26.0. The van der Waals surface area contributed by atoms with Crippen LogP contribution in [0.4, 0.5) is 26.3 Å². The van der Waals surface area contributed by atoms with Crippen LogP contribution < -0.4 is 0 Å². The fraction of sp³-hybridized carbons (Fsp3) is 0.158. The predicted octanol–water partition coefficient (Wildman–Crippen LogP) is 6.13. The van der Waals surface area contributed by atoms with Crippen LogP contribution in [0.3, 0.4) is 0 Å². The normalized spacial score (nSPS) is 12.2. The molecule has 0 radical (unpaired) electrons. The molecular formula is C19H15F6O2Zr-. The van der Waals surface area contributed by atoms with E-state index >= 15 is 0 Å². The van der Waals surface area contributed by atoms with Crippen LogP contribution in [0.2, 0.25) is 0 Å². The molecule has 2 nitrogen and oxygen atoms in total. The van der Waals surface area contributed by atoms with E-state index in [1.807, 2.05) is 12.2 Å². The molecule has 3 rings (SSSR count). The Morgan fingerprint density at radius 2 is 1.11 bits per heavy atom. The van der Waals surface area contributed by atoms with Gasteiger partial charge in [0, 0.05) is 26.2 Å². The molecule has 28 heavy (non-hydrogen) atoms. The Morgan fingerprint density at radius 3 is 1.29 bits per heavy atom. The van der Waals surface area contributed by atoms with E-state index in [0.717, 1.165) is 30.7 Å². The molecule has 0 unspecified atom stereocenters. The molecule has 0 aliphatic heterocycles. The molecule has 0 spiro atoms. The number of hydrogen-bond acceptors (Lipinski definition) is 2. The first-order valence-electron chi connectivity index (χ1n) is 7.45. The molecule has 1 aliphatic carbocycles. The molecule has 0 amide bonds. The summed E-state index contributed by atoms with van der Waals surface area (Å²) in [7, 11) is 0. The molecule has 9 heteroatoms. The number of phenols is 2. The largest absolute Gasteiger partial charge is 0.507 e. The summed E-state index contributed by atoms with van der Waals surface area (Å²) in [5.74, 6) is -1.47. The number of benzene rings is 2. The number of halogens is 6. The van der Waals surface area contributed by atoms with Gasteiger partial charge in [-0.05, 0) is 24.3 Å². The number of aromatic hydroxyl groups is 2. The van der Waals surface area contributed by atoms with Gasteiger partial charge in [0.2, 0.25) is 0 Å². The van der Waals surface area contributed by atoms with E-state index in [1.165, 1.54) is 24.3 Å². The van der Waals surface area contributed by atoms with Gasteiger partial charge in [0.1, 0.15) is 11.5 Å². The summed E-state index contributed by atoms with van der Waals surface area (Å²) in [6.07, 6.45) is 1.07. The predicted molar refractivity (Wildman–Crippen MR) is 87.8 cm³/mol. The number of rotatable bonds is 0. The van der Waals surface area contributed by atoms with Crippen LogP contribution in [-0.4, -0.2) is 10.2 Å². The summed E-state index contributed by atoms with van der Waals surface area (Å²) in [4.78, 5) is 0. The minimum absolute atomic E-state index is 0. The van der Waals surface area contributed by atoms with Gasteiger partial charge in [-0.25, -0.2) is 12.2 Å². The van der Waals surface area contributed by atoms with E-state index in [-0.39, 0.29) is 26.2 Å². The summed E-state index contributed by atoms with van der Waals surface area (Å²) >= 11 is 0. The van der Waals surface area contributed by atoms with Crippen molar-refractivity contribution in [1.82, 2.24) is 0 Å². The first-order valence-corrected chi connectivity index (χ1v) is 7.45. The van der Waals surface area contributed by atoms with Crippen LogP contribution in [0, 0.1) is 6.08 Å². The maximum absolute atomic E-state index is 11.9. The van der Waals surface area contributed by atoms with Crippen LogP contribution in [0.5, 0.6) is 11.5 Å². The Kier molecular flexibility index (Phi) is 10.9. The van der Waals surface area contributed by atoms with Crippen molar-refractivity contribution in [1.29, 1.82) is 0 Å². The number of hydrogen-bond donors (Lipinski definition) is 2.